The molecule has 1 saturated heterocycles. The summed E-state index contributed by atoms with van der Waals surface area (Å²) < 4.78 is 34.3. The number of unbranched alkanes of at least 4 members (excludes halogenated alkanes) is 9. The second-order valence-electron chi connectivity index (χ2n) is 11.9. The lowest BCUT2D eigenvalue weighted by atomic mass is 9.87. The molecule has 0 aliphatic carbocycles. The predicted molar refractivity (Wildman–Crippen MR) is 182 cm³/mol. The van der Waals surface area contributed by atoms with Gasteiger partial charge in [-0.25, -0.2) is 0 Å². The smallest absolute Gasteiger partial charge is 0.264 e. The summed E-state index contributed by atoms with van der Waals surface area (Å²) in [6, 6.07) is 0. The van der Waals surface area contributed by atoms with Crippen LogP contribution in [0.4, 0.5) is 0 Å². The molecule has 1 aliphatic rings. The molecule has 0 amide bonds. The molecule has 0 aromatic heterocycles. The third kappa shape index (κ3) is 23.1. The first-order valence-corrected chi connectivity index (χ1v) is 19.0. The van der Waals surface area contributed by atoms with E-state index in [0.717, 1.165) is 70.5 Å². The SMILES string of the molecule is CC/C=C\C/C=C\CCCCCC1(CCCCC/C=C\C/C=C\C/C=C\CCCCC)CCC(CCOS(C)(=O)=O)O1. The van der Waals surface area contributed by atoms with E-state index in [1.54, 1.807) is 0 Å². The Bertz CT molecular complexity index is 883. The lowest BCUT2D eigenvalue weighted by Gasteiger charge is -2.30. The molecule has 2 unspecified atom stereocenters. The third-order valence-corrected chi connectivity index (χ3v) is 8.54. The van der Waals surface area contributed by atoms with Gasteiger partial charge in [-0.1, -0.05) is 113 Å². The standard InChI is InChI=1S/C37H64O4S/c1-4-6-8-10-12-14-16-17-18-19-20-21-23-25-27-29-33-37(32-28-26-24-22-15-13-11-9-7-5-2)34-30-36(41-37)31-35-40-42(3,38)39/h7,9,12-15,17-18,20-21,36H,4-6,8,10-11,16,19,22-35H2,1-3H3/b9-7-,14-12-,15-13-,18-17-,21-20-. The monoisotopic (exact) mass is 604 g/mol. The van der Waals surface area contributed by atoms with Crippen molar-refractivity contribution in [2.75, 3.05) is 12.9 Å². The highest BCUT2D eigenvalue weighted by atomic mass is 32.2. The Balaban J connectivity index is 2.32. The molecule has 0 saturated carbocycles. The van der Waals surface area contributed by atoms with Gasteiger partial charge in [-0.2, -0.15) is 8.42 Å². The van der Waals surface area contributed by atoms with Gasteiger partial charge in [-0.05, 0) is 96.3 Å². The zero-order chi connectivity index (χ0) is 30.6. The van der Waals surface area contributed by atoms with Crippen LogP contribution in [-0.2, 0) is 19.0 Å². The van der Waals surface area contributed by atoms with Gasteiger partial charge in [-0.15, -0.1) is 0 Å². The second kappa shape index (κ2) is 26.0. The molecule has 1 fully saturated rings. The van der Waals surface area contributed by atoms with E-state index in [1.165, 1.54) is 64.2 Å². The van der Waals surface area contributed by atoms with Crippen LogP contribution in [0.1, 0.15) is 149 Å². The summed E-state index contributed by atoms with van der Waals surface area (Å²) in [7, 11) is -3.39. The molecule has 0 N–H and O–H groups in total. The number of rotatable bonds is 27. The van der Waals surface area contributed by atoms with E-state index in [-0.39, 0.29) is 18.3 Å². The predicted octanol–water partition coefficient (Wildman–Crippen LogP) is 11.1. The van der Waals surface area contributed by atoms with Crippen LogP contribution >= 0.6 is 0 Å². The topological polar surface area (TPSA) is 52.6 Å². The van der Waals surface area contributed by atoms with E-state index in [4.69, 9.17) is 8.92 Å². The van der Waals surface area contributed by atoms with Gasteiger partial charge in [0.1, 0.15) is 0 Å². The summed E-state index contributed by atoms with van der Waals surface area (Å²) in [4.78, 5) is 0. The van der Waals surface area contributed by atoms with Crippen molar-refractivity contribution in [3.8, 4) is 0 Å². The highest BCUT2D eigenvalue weighted by molar-refractivity contribution is 7.85. The summed E-state index contributed by atoms with van der Waals surface area (Å²) >= 11 is 0. The van der Waals surface area contributed by atoms with Crippen molar-refractivity contribution in [2.45, 2.75) is 160 Å². The number of ether oxygens (including phenoxy) is 1. The summed E-state index contributed by atoms with van der Waals surface area (Å²) in [6.45, 7) is 4.64. The molecule has 1 heterocycles. The third-order valence-electron chi connectivity index (χ3n) is 7.94. The molecule has 0 radical (unpaired) electrons. The van der Waals surface area contributed by atoms with Crippen LogP contribution in [-0.4, -0.2) is 33.0 Å². The lowest BCUT2D eigenvalue weighted by Crippen LogP contribution is -2.29. The fourth-order valence-electron chi connectivity index (χ4n) is 5.54. The van der Waals surface area contributed by atoms with Crippen LogP contribution in [0, 0.1) is 0 Å². The summed E-state index contributed by atoms with van der Waals surface area (Å²) in [5.74, 6) is 0. The van der Waals surface area contributed by atoms with Gasteiger partial charge in [0.2, 0.25) is 0 Å². The molecule has 0 bridgehead atoms. The first kappa shape index (κ1) is 38.6. The maximum atomic E-state index is 11.3. The van der Waals surface area contributed by atoms with E-state index < -0.39 is 10.1 Å². The van der Waals surface area contributed by atoms with Crippen LogP contribution < -0.4 is 0 Å². The Morgan fingerprint density at radius 2 is 1.19 bits per heavy atom. The molecule has 1 rings (SSSR count). The zero-order valence-electron chi connectivity index (χ0n) is 27.4. The second-order valence-corrected chi connectivity index (χ2v) is 13.6. The summed E-state index contributed by atoms with van der Waals surface area (Å²) in [5, 5.41) is 0. The molecule has 0 aromatic rings. The van der Waals surface area contributed by atoms with Crippen LogP contribution in [0.15, 0.2) is 60.8 Å². The minimum absolute atomic E-state index is 0.0401. The van der Waals surface area contributed by atoms with Crippen LogP contribution in [0.2, 0.25) is 0 Å². The van der Waals surface area contributed by atoms with Crippen molar-refractivity contribution in [2.24, 2.45) is 0 Å². The molecule has 4 nitrogen and oxygen atoms in total. The average molecular weight is 605 g/mol. The van der Waals surface area contributed by atoms with Crippen LogP contribution in [0.25, 0.3) is 0 Å². The maximum absolute atomic E-state index is 11.3. The van der Waals surface area contributed by atoms with Crippen molar-refractivity contribution < 1.29 is 17.3 Å². The van der Waals surface area contributed by atoms with E-state index in [1.807, 2.05) is 0 Å². The molecule has 242 valence electrons. The van der Waals surface area contributed by atoms with Gasteiger partial charge in [0.15, 0.2) is 0 Å². The van der Waals surface area contributed by atoms with Crippen molar-refractivity contribution in [3.05, 3.63) is 60.8 Å². The van der Waals surface area contributed by atoms with Gasteiger partial charge in [0.25, 0.3) is 10.1 Å². The fourth-order valence-corrected chi connectivity index (χ4v) is 5.94. The minimum atomic E-state index is -3.39. The first-order valence-electron chi connectivity index (χ1n) is 17.2. The highest BCUT2D eigenvalue weighted by Gasteiger charge is 2.38. The first-order chi connectivity index (χ1) is 20.4. The number of hydrogen-bond acceptors (Lipinski definition) is 4. The number of allylic oxidation sites excluding steroid dienone is 10. The Morgan fingerprint density at radius 3 is 1.69 bits per heavy atom. The maximum Gasteiger partial charge on any atom is 0.264 e. The van der Waals surface area contributed by atoms with E-state index in [2.05, 4.69) is 74.6 Å². The van der Waals surface area contributed by atoms with Crippen molar-refractivity contribution in [1.29, 1.82) is 0 Å². The molecule has 42 heavy (non-hydrogen) atoms. The quantitative estimate of drug-likeness (QED) is 0.0531. The normalized spacial score (nSPS) is 20.1. The molecular formula is C37H64O4S. The molecule has 2 atom stereocenters. The van der Waals surface area contributed by atoms with E-state index in [0.29, 0.717) is 6.42 Å². The Hall–Kier alpha value is -1.43. The van der Waals surface area contributed by atoms with Crippen molar-refractivity contribution in [3.63, 3.8) is 0 Å². The van der Waals surface area contributed by atoms with Gasteiger partial charge in [0.05, 0.1) is 24.6 Å². The summed E-state index contributed by atoms with van der Waals surface area (Å²) in [6.07, 6.45) is 48.0. The molecule has 0 spiro atoms. The largest absolute Gasteiger partial charge is 0.372 e. The Morgan fingerprint density at radius 1 is 0.690 bits per heavy atom. The molecular weight excluding hydrogens is 540 g/mol. The zero-order valence-corrected chi connectivity index (χ0v) is 28.3. The fraction of sp³-hybridized carbons (Fsp3) is 0.730. The summed E-state index contributed by atoms with van der Waals surface area (Å²) in [5.41, 5.74) is -0.0401. The molecule has 0 aromatic carbocycles. The molecule has 1 aliphatic heterocycles. The van der Waals surface area contributed by atoms with E-state index >= 15 is 0 Å². The van der Waals surface area contributed by atoms with Gasteiger partial charge in [-0.3, -0.25) is 4.18 Å². The van der Waals surface area contributed by atoms with Crippen molar-refractivity contribution >= 4 is 10.1 Å². The Labute approximate surface area is 260 Å². The Kier molecular flexibility index (Phi) is 23.9. The highest BCUT2D eigenvalue weighted by Crippen LogP contribution is 2.40. The lowest BCUT2D eigenvalue weighted by molar-refractivity contribution is -0.0597. The van der Waals surface area contributed by atoms with Crippen LogP contribution in [0.5, 0.6) is 0 Å². The van der Waals surface area contributed by atoms with Crippen LogP contribution in [0.3, 0.4) is 0 Å². The molecule has 5 heteroatoms. The van der Waals surface area contributed by atoms with Gasteiger partial charge >= 0.3 is 0 Å². The van der Waals surface area contributed by atoms with Crippen molar-refractivity contribution in [1.82, 2.24) is 0 Å². The number of hydrogen-bond donors (Lipinski definition) is 0. The van der Waals surface area contributed by atoms with Gasteiger partial charge < -0.3 is 4.74 Å². The van der Waals surface area contributed by atoms with E-state index in [9.17, 15) is 8.42 Å². The minimum Gasteiger partial charge on any atom is -0.372 e. The average Bonchev–Trinajstić information content (AvgIpc) is 3.36. The van der Waals surface area contributed by atoms with Gasteiger partial charge in [0, 0.05) is 0 Å².